The van der Waals surface area contributed by atoms with Gasteiger partial charge in [0.15, 0.2) is 0 Å². The molecule has 5 N–H and O–H groups in total. The SMILES string of the molecule is Cc1ncsc1-c1ccc(CNC(=O)[C@@H]2CCCN2C(=O)[C@@H](NC(=O)CNC(=O)CCCn2cnc(-c3cnc(OC4CCN(C(=O)Cc5ccc(OC(F)(F)F)cc5)CC4)c(C(N)=O)c3)c2)C(C)(C)C)cc1. The second-order valence-corrected chi connectivity index (χ2v) is 20.0. The van der Waals surface area contributed by atoms with Crippen LogP contribution in [0.3, 0.4) is 0 Å². The van der Waals surface area contributed by atoms with Crippen LogP contribution in [0.2, 0.25) is 0 Å². The van der Waals surface area contributed by atoms with E-state index >= 15 is 0 Å². The zero-order chi connectivity index (χ0) is 52.5. The molecule has 388 valence electrons. The first-order valence-corrected chi connectivity index (χ1v) is 24.8. The summed E-state index contributed by atoms with van der Waals surface area (Å²) >= 11 is 1.57. The maximum absolute atomic E-state index is 14.0. The Morgan fingerprint density at radius 3 is 2.25 bits per heavy atom. The molecule has 5 aromatic rings. The molecular weight excluding hydrogens is 970 g/mol. The number of carbonyl (C=O) groups is 6. The van der Waals surface area contributed by atoms with Crippen LogP contribution in [0.5, 0.6) is 11.6 Å². The van der Waals surface area contributed by atoms with E-state index in [0.29, 0.717) is 81.6 Å². The van der Waals surface area contributed by atoms with E-state index in [1.54, 1.807) is 38.2 Å². The highest BCUT2D eigenvalue weighted by molar-refractivity contribution is 7.13. The number of carbonyl (C=O) groups excluding carboxylic acids is 6. The molecule has 5 heterocycles. The van der Waals surface area contributed by atoms with Crippen LogP contribution >= 0.6 is 11.3 Å². The number of aryl methyl sites for hydroxylation is 2. The summed E-state index contributed by atoms with van der Waals surface area (Å²) in [6, 6.07) is 12.9. The fourth-order valence-electron chi connectivity index (χ4n) is 8.65. The third kappa shape index (κ3) is 14.6. The third-order valence-electron chi connectivity index (χ3n) is 12.6. The second-order valence-electron chi connectivity index (χ2n) is 19.1. The number of nitrogens with zero attached hydrogens (tertiary/aromatic N) is 6. The van der Waals surface area contributed by atoms with Crippen molar-refractivity contribution >= 4 is 46.8 Å². The lowest BCUT2D eigenvalue weighted by Crippen LogP contribution is -2.58. The summed E-state index contributed by atoms with van der Waals surface area (Å²) in [4.78, 5) is 96.3. The van der Waals surface area contributed by atoms with Crippen LogP contribution in [-0.2, 0) is 43.5 Å². The van der Waals surface area contributed by atoms with Crippen molar-refractivity contribution in [3.63, 3.8) is 0 Å². The van der Waals surface area contributed by atoms with Crippen LogP contribution in [-0.4, -0.2) is 115 Å². The molecule has 2 aliphatic rings. The Hall–Kier alpha value is -7.36. The highest BCUT2D eigenvalue weighted by Gasteiger charge is 2.42. The van der Waals surface area contributed by atoms with Crippen molar-refractivity contribution in [2.24, 2.45) is 11.1 Å². The first kappa shape index (κ1) is 53.4. The fourth-order valence-corrected chi connectivity index (χ4v) is 9.46. The third-order valence-corrected chi connectivity index (χ3v) is 13.6. The van der Waals surface area contributed by atoms with E-state index in [1.165, 1.54) is 24.4 Å². The molecule has 0 aliphatic carbocycles. The van der Waals surface area contributed by atoms with Gasteiger partial charge in [-0.2, -0.15) is 0 Å². The van der Waals surface area contributed by atoms with Crippen molar-refractivity contribution in [3.8, 4) is 33.3 Å². The van der Waals surface area contributed by atoms with Crippen LogP contribution in [0.1, 0.15) is 86.5 Å². The van der Waals surface area contributed by atoms with Gasteiger partial charge in [-0.1, -0.05) is 57.2 Å². The summed E-state index contributed by atoms with van der Waals surface area (Å²) < 4.78 is 49.2. The smallest absolute Gasteiger partial charge is 0.474 e. The standard InChI is InChI=1S/C51H59F3N10O8S/c1-31-44(73-30-60-31)34-13-9-33(10-14-34)25-57-47(69)40-7-5-20-64(40)49(70)45(50(2,3)4)61-42(66)27-56-41(65)8-6-19-62-28-39(59-29-62)35-24-38(46(55)68)48(58-26-35)71-36-17-21-63(22-18-36)43(67)23-32-11-15-37(16-12-32)72-51(52,53)54/h9-16,24,26,28-30,36,40,45H,5-8,17-23,25,27H2,1-4H3,(H2,55,68)(H,56,65)(H,57,69)(H,61,66)/t40-,45+/m0/s1. The van der Waals surface area contributed by atoms with E-state index in [9.17, 15) is 41.9 Å². The molecule has 2 fully saturated rings. The van der Waals surface area contributed by atoms with Crippen LogP contribution in [0.4, 0.5) is 13.2 Å². The summed E-state index contributed by atoms with van der Waals surface area (Å²) in [5.74, 6) is -2.82. The van der Waals surface area contributed by atoms with Gasteiger partial charge >= 0.3 is 6.36 Å². The van der Waals surface area contributed by atoms with Crippen LogP contribution in [0, 0.1) is 12.3 Å². The average molecular weight is 1030 g/mol. The number of ether oxygens (including phenoxy) is 2. The number of primary amides is 1. The molecular formula is C51H59F3N10O8S. The number of hydrogen-bond donors (Lipinski definition) is 4. The van der Waals surface area contributed by atoms with Crippen LogP contribution in [0.15, 0.2) is 78.8 Å². The average Bonchev–Trinajstić information content (AvgIpc) is 4.14. The maximum Gasteiger partial charge on any atom is 0.573 e. The molecule has 0 saturated carbocycles. The molecule has 22 heteroatoms. The molecule has 2 saturated heterocycles. The Kier molecular flexibility index (Phi) is 17.2. The predicted octanol–water partition coefficient (Wildman–Crippen LogP) is 5.72. The second kappa shape index (κ2) is 23.5. The van der Waals surface area contributed by atoms with E-state index in [-0.39, 0.29) is 66.3 Å². The fraction of sp³-hybridized carbons (Fsp3) is 0.431. The van der Waals surface area contributed by atoms with E-state index in [2.05, 4.69) is 35.6 Å². The summed E-state index contributed by atoms with van der Waals surface area (Å²) in [5, 5.41) is 8.42. The number of nitrogens with two attached hydrogens (primary N) is 1. The molecule has 0 unspecified atom stereocenters. The van der Waals surface area contributed by atoms with E-state index in [4.69, 9.17) is 10.5 Å². The minimum atomic E-state index is -4.81. The van der Waals surface area contributed by atoms with E-state index in [0.717, 1.165) is 33.8 Å². The predicted molar refractivity (Wildman–Crippen MR) is 264 cm³/mol. The Labute approximate surface area is 424 Å². The monoisotopic (exact) mass is 1030 g/mol. The molecule has 0 spiro atoms. The van der Waals surface area contributed by atoms with Gasteiger partial charge in [-0.3, -0.25) is 28.8 Å². The number of pyridine rings is 1. The van der Waals surface area contributed by atoms with Gasteiger partial charge in [-0.15, -0.1) is 24.5 Å². The first-order valence-electron chi connectivity index (χ1n) is 24.0. The van der Waals surface area contributed by atoms with Crippen molar-refractivity contribution < 1.29 is 51.4 Å². The topological polar surface area (TPSA) is 233 Å². The number of rotatable bonds is 19. The molecule has 3 aromatic heterocycles. The number of thiazole rings is 1. The van der Waals surface area contributed by atoms with Crippen molar-refractivity contribution in [1.29, 1.82) is 0 Å². The normalized spacial score (nSPS) is 15.6. The Morgan fingerprint density at radius 1 is 0.877 bits per heavy atom. The quantitative estimate of drug-likeness (QED) is 0.0781. The Bertz CT molecular complexity index is 2770. The van der Waals surface area contributed by atoms with Gasteiger partial charge in [0.05, 0.1) is 41.1 Å². The minimum absolute atomic E-state index is 0.000983. The van der Waals surface area contributed by atoms with E-state index < -0.39 is 35.7 Å². The largest absolute Gasteiger partial charge is 0.573 e. The molecule has 0 radical (unpaired) electrons. The van der Waals surface area contributed by atoms with Crippen molar-refractivity contribution in [2.75, 3.05) is 26.2 Å². The molecule has 2 atom stereocenters. The number of halogens is 3. The van der Waals surface area contributed by atoms with Gasteiger partial charge in [-0.05, 0) is 66.5 Å². The maximum atomic E-state index is 14.0. The molecule has 2 aromatic carbocycles. The van der Waals surface area contributed by atoms with E-state index in [1.807, 2.05) is 57.5 Å². The number of alkyl halides is 3. The lowest BCUT2D eigenvalue weighted by Gasteiger charge is -2.35. The molecule has 7 rings (SSSR count). The number of nitrogens with one attached hydrogen (secondary N) is 3. The summed E-state index contributed by atoms with van der Waals surface area (Å²) in [7, 11) is 0. The first-order chi connectivity index (χ1) is 34.7. The number of likely N-dealkylation sites (tertiary alicyclic amines) is 2. The number of amides is 6. The molecule has 2 aliphatic heterocycles. The van der Waals surface area contributed by atoms with Crippen molar-refractivity contribution in [3.05, 3.63) is 101 Å². The van der Waals surface area contributed by atoms with Crippen molar-refractivity contribution in [1.82, 2.24) is 45.3 Å². The summed E-state index contributed by atoms with van der Waals surface area (Å²) in [5.41, 5.74) is 11.3. The van der Waals surface area contributed by atoms with Gasteiger partial charge in [0.25, 0.3) is 5.91 Å². The zero-order valence-electron chi connectivity index (χ0n) is 41.0. The molecule has 6 amide bonds. The molecule has 0 bridgehead atoms. The van der Waals surface area contributed by atoms with Gasteiger partial charge < -0.3 is 45.5 Å². The highest BCUT2D eigenvalue weighted by atomic mass is 32.1. The van der Waals surface area contributed by atoms with Gasteiger partial charge in [0, 0.05) is 69.9 Å². The van der Waals surface area contributed by atoms with Crippen molar-refractivity contribution in [2.45, 2.75) is 110 Å². The molecule has 73 heavy (non-hydrogen) atoms. The van der Waals surface area contributed by atoms with Gasteiger partial charge in [-0.25, -0.2) is 15.0 Å². The number of aromatic nitrogens is 4. The number of imidazole rings is 1. The summed E-state index contributed by atoms with van der Waals surface area (Å²) in [6.45, 7) is 8.89. The lowest BCUT2D eigenvalue weighted by atomic mass is 9.85. The number of piperidine rings is 1. The Balaban J connectivity index is 0.828. The lowest BCUT2D eigenvalue weighted by molar-refractivity contribution is -0.274. The zero-order valence-corrected chi connectivity index (χ0v) is 41.8. The summed E-state index contributed by atoms with van der Waals surface area (Å²) in [6.07, 6.45) is 2.14. The van der Waals surface area contributed by atoms with Gasteiger partial charge in [0.1, 0.15) is 29.5 Å². The Morgan fingerprint density at radius 2 is 1.59 bits per heavy atom. The van der Waals surface area contributed by atoms with Crippen LogP contribution < -0.4 is 31.2 Å². The minimum Gasteiger partial charge on any atom is -0.474 e. The van der Waals surface area contributed by atoms with Gasteiger partial charge in [0.2, 0.25) is 35.4 Å². The molecule has 18 nitrogen and oxygen atoms in total. The number of benzene rings is 2. The number of hydrogen-bond acceptors (Lipinski definition) is 12. The van der Waals surface area contributed by atoms with Crippen LogP contribution in [0.25, 0.3) is 21.7 Å². The highest BCUT2D eigenvalue weighted by Crippen LogP contribution is 2.30.